The van der Waals surface area contributed by atoms with E-state index in [4.69, 9.17) is 0 Å². The number of hydrogen-bond donors (Lipinski definition) is 1. The molecule has 0 aromatic heterocycles. The van der Waals surface area contributed by atoms with E-state index in [-0.39, 0.29) is 11.9 Å². The number of carbonyl (C=O) groups excluding carboxylic acids is 1. The SMILES string of the molecule is CCCC(C)NC(=O)c1ccc(C)cc1C. The molecule has 1 amide bonds. The molecule has 0 aliphatic rings. The van der Waals surface area contributed by atoms with E-state index in [0.29, 0.717) is 0 Å². The highest BCUT2D eigenvalue weighted by molar-refractivity contribution is 5.95. The first-order chi connectivity index (χ1) is 7.54. The summed E-state index contributed by atoms with van der Waals surface area (Å²) in [6, 6.07) is 6.17. The summed E-state index contributed by atoms with van der Waals surface area (Å²) in [5.41, 5.74) is 3.02. The van der Waals surface area contributed by atoms with Crippen LogP contribution in [0.3, 0.4) is 0 Å². The first kappa shape index (κ1) is 12.8. The van der Waals surface area contributed by atoms with E-state index >= 15 is 0 Å². The van der Waals surface area contributed by atoms with Crippen LogP contribution in [0, 0.1) is 13.8 Å². The van der Waals surface area contributed by atoms with Crippen LogP contribution in [-0.2, 0) is 0 Å². The van der Waals surface area contributed by atoms with Gasteiger partial charge in [0.15, 0.2) is 0 Å². The molecule has 0 heterocycles. The second kappa shape index (κ2) is 5.69. The van der Waals surface area contributed by atoms with Crippen molar-refractivity contribution in [2.24, 2.45) is 0 Å². The lowest BCUT2D eigenvalue weighted by Crippen LogP contribution is -2.32. The van der Waals surface area contributed by atoms with Crippen molar-refractivity contribution >= 4 is 5.91 Å². The minimum Gasteiger partial charge on any atom is -0.350 e. The first-order valence-electron chi connectivity index (χ1n) is 5.92. The van der Waals surface area contributed by atoms with Crippen molar-refractivity contribution in [3.8, 4) is 0 Å². The maximum atomic E-state index is 12.0. The molecule has 1 N–H and O–H groups in total. The number of hydrogen-bond acceptors (Lipinski definition) is 1. The molecule has 1 aromatic rings. The Balaban J connectivity index is 2.73. The second-order valence-electron chi connectivity index (χ2n) is 4.48. The van der Waals surface area contributed by atoms with Crippen molar-refractivity contribution in [1.82, 2.24) is 5.32 Å². The summed E-state index contributed by atoms with van der Waals surface area (Å²) < 4.78 is 0. The monoisotopic (exact) mass is 219 g/mol. The highest BCUT2D eigenvalue weighted by atomic mass is 16.1. The Morgan fingerprint density at radius 1 is 1.38 bits per heavy atom. The van der Waals surface area contributed by atoms with Crippen LogP contribution in [-0.4, -0.2) is 11.9 Å². The van der Waals surface area contributed by atoms with E-state index in [2.05, 4.69) is 12.2 Å². The topological polar surface area (TPSA) is 29.1 Å². The Labute approximate surface area is 98.1 Å². The van der Waals surface area contributed by atoms with Crippen LogP contribution in [0.25, 0.3) is 0 Å². The van der Waals surface area contributed by atoms with Gasteiger partial charge in [0.05, 0.1) is 0 Å². The maximum Gasteiger partial charge on any atom is 0.251 e. The molecule has 0 aliphatic heterocycles. The molecule has 88 valence electrons. The third-order valence-electron chi connectivity index (χ3n) is 2.73. The van der Waals surface area contributed by atoms with E-state index in [1.165, 1.54) is 5.56 Å². The minimum absolute atomic E-state index is 0.0402. The Bertz CT molecular complexity index is 371. The molecule has 2 nitrogen and oxygen atoms in total. The summed E-state index contributed by atoms with van der Waals surface area (Å²) in [6.45, 7) is 8.19. The molecule has 1 aromatic carbocycles. The molecular weight excluding hydrogens is 198 g/mol. The van der Waals surface area contributed by atoms with Gasteiger partial charge in [0.25, 0.3) is 5.91 Å². The van der Waals surface area contributed by atoms with Crippen LogP contribution in [0.2, 0.25) is 0 Å². The summed E-state index contributed by atoms with van der Waals surface area (Å²) in [5, 5.41) is 3.02. The average molecular weight is 219 g/mol. The lowest BCUT2D eigenvalue weighted by molar-refractivity contribution is 0.0937. The molecule has 0 saturated heterocycles. The number of benzene rings is 1. The largest absolute Gasteiger partial charge is 0.350 e. The van der Waals surface area contributed by atoms with Crippen molar-refractivity contribution < 1.29 is 4.79 Å². The Morgan fingerprint density at radius 3 is 2.62 bits per heavy atom. The molecule has 0 spiro atoms. The highest BCUT2D eigenvalue weighted by Crippen LogP contribution is 2.11. The predicted octanol–water partition coefficient (Wildman–Crippen LogP) is 3.22. The van der Waals surface area contributed by atoms with Crippen LogP contribution >= 0.6 is 0 Å². The van der Waals surface area contributed by atoms with Gasteiger partial charge in [-0.05, 0) is 38.8 Å². The zero-order valence-electron chi connectivity index (χ0n) is 10.6. The number of aryl methyl sites for hydroxylation is 2. The average Bonchev–Trinajstić information content (AvgIpc) is 2.17. The summed E-state index contributed by atoms with van der Waals surface area (Å²) >= 11 is 0. The van der Waals surface area contributed by atoms with Crippen molar-refractivity contribution in [3.63, 3.8) is 0 Å². The van der Waals surface area contributed by atoms with Gasteiger partial charge < -0.3 is 5.32 Å². The Kier molecular flexibility index (Phi) is 4.53. The zero-order valence-corrected chi connectivity index (χ0v) is 10.6. The van der Waals surface area contributed by atoms with Gasteiger partial charge in [-0.3, -0.25) is 4.79 Å². The minimum atomic E-state index is 0.0402. The van der Waals surface area contributed by atoms with Gasteiger partial charge in [-0.25, -0.2) is 0 Å². The molecule has 1 unspecified atom stereocenters. The van der Waals surface area contributed by atoms with Crippen LogP contribution in [0.5, 0.6) is 0 Å². The summed E-state index contributed by atoms with van der Waals surface area (Å²) in [4.78, 5) is 12.0. The van der Waals surface area contributed by atoms with Crippen LogP contribution in [0.4, 0.5) is 0 Å². The van der Waals surface area contributed by atoms with E-state index in [0.717, 1.165) is 24.0 Å². The Morgan fingerprint density at radius 2 is 2.06 bits per heavy atom. The van der Waals surface area contributed by atoms with Crippen molar-refractivity contribution in [2.45, 2.75) is 46.6 Å². The molecule has 2 heteroatoms. The molecular formula is C14H21NO. The predicted molar refractivity (Wildman–Crippen MR) is 67.8 cm³/mol. The quantitative estimate of drug-likeness (QED) is 0.827. The summed E-state index contributed by atoms with van der Waals surface area (Å²) in [6.07, 6.45) is 2.12. The molecule has 0 saturated carbocycles. The third kappa shape index (κ3) is 3.37. The van der Waals surface area contributed by atoms with Crippen molar-refractivity contribution in [3.05, 3.63) is 34.9 Å². The second-order valence-corrected chi connectivity index (χ2v) is 4.48. The number of rotatable bonds is 4. The van der Waals surface area contributed by atoms with E-state index in [1.807, 2.05) is 39.0 Å². The fourth-order valence-electron chi connectivity index (χ4n) is 1.88. The van der Waals surface area contributed by atoms with Gasteiger partial charge in [-0.1, -0.05) is 31.0 Å². The number of amides is 1. The van der Waals surface area contributed by atoms with Gasteiger partial charge in [0, 0.05) is 11.6 Å². The van der Waals surface area contributed by atoms with Gasteiger partial charge >= 0.3 is 0 Å². The fraction of sp³-hybridized carbons (Fsp3) is 0.500. The number of carbonyl (C=O) groups is 1. The van der Waals surface area contributed by atoms with E-state index < -0.39 is 0 Å². The van der Waals surface area contributed by atoms with Crippen LogP contribution in [0.1, 0.15) is 48.2 Å². The van der Waals surface area contributed by atoms with Gasteiger partial charge in [-0.2, -0.15) is 0 Å². The smallest absolute Gasteiger partial charge is 0.251 e. The zero-order chi connectivity index (χ0) is 12.1. The van der Waals surface area contributed by atoms with Crippen molar-refractivity contribution in [2.75, 3.05) is 0 Å². The lowest BCUT2D eigenvalue weighted by Gasteiger charge is -2.14. The molecule has 16 heavy (non-hydrogen) atoms. The molecule has 0 aliphatic carbocycles. The van der Waals surface area contributed by atoms with Gasteiger partial charge in [-0.15, -0.1) is 0 Å². The van der Waals surface area contributed by atoms with E-state index in [9.17, 15) is 4.79 Å². The molecule has 0 fully saturated rings. The van der Waals surface area contributed by atoms with Crippen LogP contribution < -0.4 is 5.32 Å². The van der Waals surface area contributed by atoms with Crippen LogP contribution in [0.15, 0.2) is 18.2 Å². The van der Waals surface area contributed by atoms with Gasteiger partial charge in [0.1, 0.15) is 0 Å². The standard InChI is InChI=1S/C14H21NO/c1-5-6-12(4)15-14(16)13-8-7-10(2)9-11(13)3/h7-9,12H,5-6H2,1-4H3,(H,15,16). The lowest BCUT2D eigenvalue weighted by atomic mass is 10.0. The molecule has 1 rings (SSSR count). The molecule has 0 bridgehead atoms. The normalized spacial score (nSPS) is 12.2. The molecule has 0 radical (unpaired) electrons. The van der Waals surface area contributed by atoms with Gasteiger partial charge in [0.2, 0.25) is 0 Å². The third-order valence-corrected chi connectivity index (χ3v) is 2.73. The highest BCUT2D eigenvalue weighted by Gasteiger charge is 2.11. The summed E-state index contributed by atoms with van der Waals surface area (Å²) in [7, 11) is 0. The van der Waals surface area contributed by atoms with E-state index in [1.54, 1.807) is 0 Å². The Hall–Kier alpha value is -1.31. The first-order valence-corrected chi connectivity index (χ1v) is 5.92. The molecule has 1 atom stereocenters. The maximum absolute atomic E-state index is 12.0. The van der Waals surface area contributed by atoms with Crippen molar-refractivity contribution in [1.29, 1.82) is 0 Å². The fourth-order valence-corrected chi connectivity index (χ4v) is 1.88. The number of nitrogens with one attached hydrogen (secondary N) is 1. The summed E-state index contributed by atoms with van der Waals surface area (Å²) in [5.74, 6) is 0.0402.